The van der Waals surface area contributed by atoms with Crippen LogP contribution in [0.5, 0.6) is 0 Å². The second kappa shape index (κ2) is 11.5. The Morgan fingerprint density at radius 2 is 1.93 bits per heavy atom. The molecule has 0 aromatic heterocycles. The summed E-state index contributed by atoms with van der Waals surface area (Å²) in [6.45, 7) is 8.45. The largest absolute Gasteiger partial charge is 0.466 e. The molecular weight excluding hydrogens is 384 g/mol. The third-order valence-electron chi connectivity index (χ3n) is 6.05. The predicted octanol–water partition coefficient (Wildman–Crippen LogP) is 2.28. The standard InChI is InChI=1S/C23H38N2O5/c1-5-10-16-11-12-17-19(18(16)23(29)30-6-2)22(28)25(13-8-7-9-14-26)20(17)21(27)24-15(3)4/h11-12,15-20,26H,5-10,13-14H2,1-4H3,(H,24,27)/t16-,17+,18-,19-,20+/m1/s1. The zero-order valence-electron chi connectivity index (χ0n) is 18.8. The fraction of sp³-hybridized carbons (Fsp3) is 0.783. The van der Waals surface area contributed by atoms with Crippen molar-refractivity contribution < 1.29 is 24.2 Å². The molecule has 2 amide bonds. The Morgan fingerprint density at radius 3 is 2.53 bits per heavy atom. The van der Waals surface area contributed by atoms with Crippen LogP contribution >= 0.6 is 0 Å². The Kier molecular flexibility index (Phi) is 9.34. The molecule has 0 saturated carbocycles. The normalized spacial score (nSPS) is 28.0. The van der Waals surface area contributed by atoms with Gasteiger partial charge in [0.15, 0.2) is 0 Å². The maximum Gasteiger partial charge on any atom is 0.310 e. The monoisotopic (exact) mass is 422 g/mol. The number of hydrogen-bond acceptors (Lipinski definition) is 5. The third kappa shape index (κ3) is 5.42. The second-order valence-electron chi connectivity index (χ2n) is 8.64. The third-order valence-corrected chi connectivity index (χ3v) is 6.05. The number of aliphatic hydroxyl groups excluding tert-OH is 1. The van der Waals surface area contributed by atoms with E-state index in [1.807, 2.05) is 26.0 Å². The molecule has 0 aromatic rings. The maximum atomic E-state index is 13.5. The van der Waals surface area contributed by atoms with Gasteiger partial charge in [-0.3, -0.25) is 14.4 Å². The van der Waals surface area contributed by atoms with Gasteiger partial charge in [0.25, 0.3) is 0 Å². The molecule has 1 aliphatic carbocycles. The van der Waals surface area contributed by atoms with Crippen LogP contribution in [-0.4, -0.2) is 59.6 Å². The Balaban J connectivity index is 2.37. The number of carbonyl (C=O) groups excluding carboxylic acids is 3. The number of rotatable bonds is 11. The van der Waals surface area contributed by atoms with Crippen LogP contribution in [0.3, 0.4) is 0 Å². The lowest BCUT2D eigenvalue weighted by molar-refractivity contribution is -0.155. The second-order valence-corrected chi connectivity index (χ2v) is 8.64. The van der Waals surface area contributed by atoms with Gasteiger partial charge in [0.2, 0.25) is 11.8 Å². The van der Waals surface area contributed by atoms with Crippen molar-refractivity contribution in [3.05, 3.63) is 12.2 Å². The summed E-state index contributed by atoms with van der Waals surface area (Å²) in [5, 5.41) is 12.0. The number of nitrogens with zero attached hydrogens (tertiary/aromatic N) is 1. The number of fused-ring (bicyclic) bond motifs is 1. The molecule has 1 aliphatic heterocycles. The molecule has 0 spiro atoms. The topological polar surface area (TPSA) is 95.9 Å². The van der Waals surface area contributed by atoms with Crippen LogP contribution in [0.4, 0.5) is 0 Å². The number of amides is 2. The van der Waals surface area contributed by atoms with Gasteiger partial charge in [0.1, 0.15) is 6.04 Å². The Morgan fingerprint density at radius 1 is 1.20 bits per heavy atom. The lowest BCUT2D eigenvalue weighted by Gasteiger charge is -2.34. The lowest BCUT2D eigenvalue weighted by atomic mass is 9.69. The maximum absolute atomic E-state index is 13.5. The lowest BCUT2D eigenvalue weighted by Crippen LogP contribution is -2.49. The highest BCUT2D eigenvalue weighted by atomic mass is 16.5. The van der Waals surface area contributed by atoms with Crippen molar-refractivity contribution in [1.82, 2.24) is 10.2 Å². The van der Waals surface area contributed by atoms with E-state index in [-0.39, 0.29) is 48.9 Å². The van der Waals surface area contributed by atoms with Gasteiger partial charge in [0.05, 0.1) is 18.4 Å². The van der Waals surface area contributed by atoms with Gasteiger partial charge in [-0.2, -0.15) is 0 Å². The smallest absolute Gasteiger partial charge is 0.310 e. The van der Waals surface area contributed by atoms with Crippen LogP contribution < -0.4 is 5.32 Å². The van der Waals surface area contributed by atoms with Crippen LogP contribution in [0.25, 0.3) is 0 Å². The summed E-state index contributed by atoms with van der Waals surface area (Å²) in [4.78, 5) is 41.1. The number of unbranched alkanes of at least 4 members (excludes halogenated alkanes) is 2. The van der Waals surface area contributed by atoms with Crippen molar-refractivity contribution in [3.8, 4) is 0 Å². The van der Waals surface area contributed by atoms with Crippen LogP contribution in [0, 0.1) is 23.7 Å². The zero-order chi connectivity index (χ0) is 22.3. The van der Waals surface area contributed by atoms with Crippen molar-refractivity contribution in [2.75, 3.05) is 19.8 Å². The van der Waals surface area contributed by atoms with E-state index >= 15 is 0 Å². The van der Waals surface area contributed by atoms with Gasteiger partial charge in [0, 0.05) is 25.1 Å². The molecule has 1 heterocycles. The Hall–Kier alpha value is -1.89. The number of aliphatic hydroxyl groups is 1. The molecule has 0 bridgehead atoms. The Labute approximate surface area is 180 Å². The summed E-state index contributed by atoms with van der Waals surface area (Å²) in [7, 11) is 0. The minimum absolute atomic E-state index is 0.0378. The average Bonchev–Trinajstić information content (AvgIpc) is 2.97. The molecule has 0 radical (unpaired) electrons. The fourth-order valence-electron chi connectivity index (χ4n) is 4.85. The molecule has 1 fully saturated rings. The summed E-state index contributed by atoms with van der Waals surface area (Å²) in [6.07, 6.45) is 7.87. The highest BCUT2D eigenvalue weighted by Crippen LogP contribution is 2.45. The number of ether oxygens (including phenoxy) is 1. The van der Waals surface area contributed by atoms with Gasteiger partial charge in [-0.05, 0) is 52.4 Å². The van der Waals surface area contributed by atoms with Crippen molar-refractivity contribution >= 4 is 17.8 Å². The molecule has 5 atom stereocenters. The van der Waals surface area contributed by atoms with E-state index in [0.29, 0.717) is 19.4 Å². The summed E-state index contributed by atoms with van der Waals surface area (Å²) < 4.78 is 5.35. The van der Waals surface area contributed by atoms with Crippen molar-refractivity contribution in [2.24, 2.45) is 23.7 Å². The van der Waals surface area contributed by atoms with Crippen molar-refractivity contribution in [1.29, 1.82) is 0 Å². The highest BCUT2D eigenvalue weighted by Gasteiger charge is 2.57. The van der Waals surface area contributed by atoms with Gasteiger partial charge in [-0.1, -0.05) is 25.5 Å². The number of likely N-dealkylation sites (tertiary alicyclic amines) is 1. The van der Waals surface area contributed by atoms with E-state index in [2.05, 4.69) is 12.2 Å². The summed E-state index contributed by atoms with van der Waals surface area (Å²) in [5.41, 5.74) is 0. The molecule has 7 heteroatoms. The fourth-order valence-corrected chi connectivity index (χ4v) is 4.85. The predicted molar refractivity (Wildman–Crippen MR) is 114 cm³/mol. The number of allylic oxidation sites excluding steroid dienone is 1. The minimum atomic E-state index is -0.616. The quantitative estimate of drug-likeness (QED) is 0.303. The molecule has 2 rings (SSSR count). The van der Waals surface area contributed by atoms with Gasteiger partial charge < -0.3 is 20.1 Å². The van der Waals surface area contributed by atoms with E-state index in [0.717, 1.165) is 19.3 Å². The molecular formula is C23H38N2O5. The molecule has 0 aromatic carbocycles. The molecule has 30 heavy (non-hydrogen) atoms. The molecule has 2 aliphatic rings. The van der Waals surface area contributed by atoms with E-state index < -0.39 is 17.9 Å². The SMILES string of the molecule is CCC[C@@H]1C=C[C@H]2[C@@H](C(=O)N(CCCCCO)[C@@H]2C(=O)NC(C)C)[C@@H]1C(=O)OCC. The summed E-state index contributed by atoms with van der Waals surface area (Å²) >= 11 is 0. The van der Waals surface area contributed by atoms with Crippen LogP contribution in [-0.2, 0) is 19.1 Å². The van der Waals surface area contributed by atoms with Crippen LogP contribution in [0.2, 0.25) is 0 Å². The van der Waals surface area contributed by atoms with Crippen molar-refractivity contribution in [3.63, 3.8) is 0 Å². The molecule has 2 N–H and O–H groups in total. The van der Waals surface area contributed by atoms with E-state index in [9.17, 15) is 14.4 Å². The first-order valence-corrected chi connectivity index (χ1v) is 11.4. The number of esters is 1. The zero-order valence-corrected chi connectivity index (χ0v) is 18.8. The highest BCUT2D eigenvalue weighted by molar-refractivity contribution is 5.96. The van der Waals surface area contributed by atoms with Gasteiger partial charge >= 0.3 is 5.97 Å². The average molecular weight is 423 g/mol. The molecule has 0 unspecified atom stereocenters. The first kappa shape index (κ1) is 24.4. The van der Waals surface area contributed by atoms with Crippen molar-refractivity contribution in [2.45, 2.75) is 71.9 Å². The Bertz CT molecular complexity index is 633. The number of nitrogens with one attached hydrogen (secondary N) is 1. The minimum Gasteiger partial charge on any atom is -0.466 e. The molecule has 1 saturated heterocycles. The van der Waals surface area contributed by atoms with E-state index in [1.165, 1.54) is 0 Å². The first-order chi connectivity index (χ1) is 14.4. The summed E-state index contributed by atoms with van der Waals surface area (Å²) in [5.74, 6) is -2.14. The molecule has 7 nitrogen and oxygen atoms in total. The van der Waals surface area contributed by atoms with E-state index in [1.54, 1.807) is 11.8 Å². The number of carbonyl (C=O) groups is 3. The van der Waals surface area contributed by atoms with Crippen LogP contribution in [0.1, 0.15) is 59.8 Å². The van der Waals surface area contributed by atoms with Gasteiger partial charge in [-0.15, -0.1) is 0 Å². The molecule has 170 valence electrons. The number of hydrogen-bond donors (Lipinski definition) is 2. The van der Waals surface area contributed by atoms with E-state index in [4.69, 9.17) is 9.84 Å². The van der Waals surface area contributed by atoms with Crippen LogP contribution in [0.15, 0.2) is 12.2 Å². The summed E-state index contributed by atoms with van der Waals surface area (Å²) in [6, 6.07) is -0.654. The first-order valence-electron chi connectivity index (χ1n) is 11.4. The van der Waals surface area contributed by atoms with Gasteiger partial charge in [-0.25, -0.2) is 0 Å².